The molecule has 1 fully saturated rings. The van der Waals surface area contributed by atoms with Gasteiger partial charge in [-0.25, -0.2) is 9.78 Å². The molecule has 1 amide bonds. The van der Waals surface area contributed by atoms with Crippen LogP contribution in [0.3, 0.4) is 0 Å². The molecule has 1 aliphatic rings. The Morgan fingerprint density at radius 3 is 2.60 bits per heavy atom. The third-order valence-electron chi connectivity index (χ3n) is 3.78. The summed E-state index contributed by atoms with van der Waals surface area (Å²) in [5.41, 5.74) is 0.622. The van der Waals surface area contributed by atoms with E-state index in [9.17, 15) is 14.7 Å². The summed E-state index contributed by atoms with van der Waals surface area (Å²) in [7, 11) is 0. The number of hydrogen-bond acceptors (Lipinski definition) is 5. The number of amides is 1. The highest BCUT2D eigenvalue weighted by atomic mass is 35.5. The van der Waals surface area contributed by atoms with Gasteiger partial charge in [0.25, 0.3) is 5.91 Å². The van der Waals surface area contributed by atoms with Crippen molar-refractivity contribution < 1.29 is 19.4 Å². The Balaban J connectivity index is 1.85. The fourth-order valence-corrected chi connectivity index (χ4v) is 2.78. The Bertz CT molecular complexity index is 806. The third kappa shape index (κ3) is 3.89. The van der Waals surface area contributed by atoms with Crippen LogP contribution in [0.5, 0.6) is 0 Å². The molecule has 2 aromatic rings. The van der Waals surface area contributed by atoms with E-state index in [-0.39, 0.29) is 5.56 Å². The zero-order valence-corrected chi connectivity index (χ0v) is 14.0. The Morgan fingerprint density at radius 1 is 1.20 bits per heavy atom. The van der Waals surface area contributed by atoms with Crippen LogP contribution in [0.25, 0.3) is 0 Å². The van der Waals surface area contributed by atoms with Crippen LogP contribution in [-0.4, -0.2) is 48.3 Å². The highest BCUT2D eigenvalue weighted by Gasteiger charge is 2.21. The molecule has 1 aromatic heterocycles. The smallest absolute Gasteiger partial charge is 0.339 e. The number of halogens is 1. The van der Waals surface area contributed by atoms with Crippen LogP contribution in [0.15, 0.2) is 36.5 Å². The highest BCUT2D eigenvalue weighted by Crippen LogP contribution is 2.23. The highest BCUT2D eigenvalue weighted by molar-refractivity contribution is 6.34. The molecule has 0 unspecified atom stereocenters. The molecule has 0 radical (unpaired) electrons. The van der Waals surface area contributed by atoms with E-state index >= 15 is 0 Å². The van der Waals surface area contributed by atoms with Crippen molar-refractivity contribution in [1.82, 2.24) is 4.98 Å². The maximum atomic E-state index is 12.3. The number of nitrogens with zero attached hydrogens (tertiary/aromatic N) is 2. The molecular formula is C17H16ClN3O4. The minimum atomic E-state index is -1.11. The number of carboxylic acids is 1. The summed E-state index contributed by atoms with van der Waals surface area (Å²) in [5.74, 6) is -1.17. The molecule has 0 bridgehead atoms. The molecule has 2 heterocycles. The van der Waals surface area contributed by atoms with Crippen LogP contribution in [0.1, 0.15) is 20.7 Å². The zero-order chi connectivity index (χ0) is 17.8. The van der Waals surface area contributed by atoms with Crippen molar-refractivity contribution in [2.45, 2.75) is 0 Å². The number of carbonyl (C=O) groups excluding carboxylic acids is 1. The van der Waals surface area contributed by atoms with E-state index in [0.29, 0.717) is 48.4 Å². The van der Waals surface area contributed by atoms with Crippen molar-refractivity contribution in [3.8, 4) is 0 Å². The minimum absolute atomic E-state index is 0.0267. The molecule has 1 saturated heterocycles. The first kappa shape index (κ1) is 17.2. The predicted molar refractivity (Wildman–Crippen MR) is 93.6 cm³/mol. The lowest BCUT2D eigenvalue weighted by molar-refractivity contribution is 0.0695. The summed E-state index contributed by atoms with van der Waals surface area (Å²) in [6.07, 6.45) is 1.44. The van der Waals surface area contributed by atoms with Gasteiger partial charge in [0.15, 0.2) is 0 Å². The van der Waals surface area contributed by atoms with Crippen molar-refractivity contribution in [3.63, 3.8) is 0 Å². The van der Waals surface area contributed by atoms with Crippen LogP contribution >= 0.6 is 11.6 Å². The van der Waals surface area contributed by atoms with Gasteiger partial charge in [-0.15, -0.1) is 0 Å². The zero-order valence-electron chi connectivity index (χ0n) is 13.2. The number of nitrogens with one attached hydrogen (secondary N) is 1. The molecule has 0 atom stereocenters. The van der Waals surface area contributed by atoms with Crippen molar-refractivity contribution in [3.05, 3.63) is 52.7 Å². The summed E-state index contributed by atoms with van der Waals surface area (Å²) < 4.78 is 5.27. The van der Waals surface area contributed by atoms with Crippen LogP contribution in [0.4, 0.5) is 11.5 Å². The van der Waals surface area contributed by atoms with Crippen molar-refractivity contribution in [1.29, 1.82) is 0 Å². The van der Waals surface area contributed by atoms with E-state index in [2.05, 4.69) is 10.3 Å². The van der Waals surface area contributed by atoms with E-state index in [1.165, 1.54) is 12.3 Å². The number of carboxylic acid groups (broad SMARTS) is 1. The number of aromatic nitrogens is 1. The second-order valence-electron chi connectivity index (χ2n) is 5.43. The third-order valence-corrected chi connectivity index (χ3v) is 4.11. The van der Waals surface area contributed by atoms with E-state index in [1.54, 1.807) is 24.3 Å². The average Bonchev–Trinajstić information content (AvgIpc) is 2.62. The molecule has 130 valence electrons. The van der Waals surface area contributed by atoms with Crippen LogP contribution in [0, 0.1) is 0 Å². The Morgan fingerprint density at radius 2 is 1.92 bits per heavy atom. The molecule has 25 heavy (non-hydrogen) atoms. The van der Waals surface area contributed by atoms with Crippen molar-refractivity contribution >= 4 is 35.0 Å². The second kappa shape index (κ2) is 7.50. The lowest BCUT2D eigenvalue weighted by Gasteiger charge is -2.28. The Kier molecular flexibility index (Phi) is 5.16. The van der Waals surface area contributed by atoms with E-state index in [1.807, 2.05) is 4.90 Å². The number of hydrogen-bond donors (Lipinski definition) is 2. The number of anilines is 2. The fourth-order valence-electron chi connectivity index (χ4n) is 2.55. The lowest BCUT2D eigenvalue weighted by atomic mass is 10.2. The van der Waals surface area contributed by atoms with E-state index in [4.69, 9.17) is 16.3 Å². The first-order chi connectivity index (χ1) is 12.1. The van der Waals surface area contributed by atoms with Crippen LogP contribution in [-0.2, 0) is 4.74 Å². The molecular weight excluding hydrogens is 346 g/mol. The normalized spacial score (nSPS) is 14.2. The van der Waals surface area contributed by atoms with Crippen molar-refractivity contribution in [2.24, 2.45) is 0 Å². The molecule has 3 rings (SSSR count). The van der Waals surface area contributed by atoms with Crippen molar-refractivity contribution in [2.75, 3.05) is 36.5 Å². The predicted octanol–water partition coefficient (Wildman–Crippen LogP) is 2.52. The van der Waals surface area contributed by atoms with Crippen LogP contribution in [0.2, 0.25) is 5.02 Å². The van der Waals surface area contributed by atoms with E-state index < -0.39 is 11.9 Å². The summed E-state index contributed by atoms with van der Waals surface area (Å²) in [5, 5.41) is 12.4. The van der Waals surface area contributed by atoms with Gasteiger partial charge < -0.3 is 20.1 Å². The number of carbonyl (C=O) groups is 2. The van der Waals surface area contributed by atoms with Gasteiger partial charge in [0.1, 0.15) is 11.4 Å². The maximum Gasteiger partial charge on any atom is 0.339 e. The van der Waals surface area contributed by atoms with Gasteiger partial charge in [-0.1, -0.05) is 23.7 Å². The maximum absolute atomic E-state index is 12.3. The summed E-state index contributed by atoms with van der Waals surface area (Å²) in [6.45, 7) is 2.18. The minimum Gasteiger partial charge on any atom is -0.478 e. The largest absolute Gasteiger partial charge is 0.478 e. The molecule has 7 nitrogen and oxygen atoms in total. The number of benzene rings is 1. The van der Waals surface area contributed by atoms with Crippen LogP contribution < -0.4 is 10.2 Å². The fraction of sp³-hybridized carbons (Fsp3) is 0.235. The second-order valence-corrected chi connectivity index (χ2v) is 5.84. The van der Waals surface area contributed by atoms with Gasteiger partial charge in [0, 0.05) is 13.1 Å². The first-order valence-corrected chi connectivity index (χ1v) is 8.06. The Labute approximate surface area is 149 Å². The monoisotopic (exact) mass is 361 g/mol. The first-order valence-electron chi connectivity index (χ1n) is 7.68. The summed E-state index contributed by atoms with van der Waals surface area (Å²) in [4.78, 5) is 30.0. The quantitative estimate of drug-likeness (QED) is 0.869. The molecule has 0 spiro atoms. The van der Waals surface area contributed by atoms with Gasteiger partial charge in [-0.05, 0) is 18.2 Å². The Hall–Kier alpha value is -2.64. The summed E-state index contributed by atoms with van der Waals surface area (Å²) in [6, 6.07) is 8.02. The standard InChI is InChI=1S/C17H16ClN3O4/c18-14-4-2-1-3-12(14)16(22)20-11-9-13(17(23)24)15(19-10-11)21-5-7-25-8-6-21/h1-4,9-10H,5-8H2,(H,20,22)(H,23,24). The van der Waals surface area contributed by atoms with E-state index in [0.717, 1.165) is 0 Å². The van der Waals surface area contributed by atoms with Gasteiger partial charge in [0.05, 0.1) is 35.7 Å². The average molecular weight is 362 g/mol. The number of morpholine rings is 1. The van der Waals surface area contributed by atoms with Gasteiger partial charge in [0.2, 0.25) is 0 Å². The number of aromatic carboxylic acids is 1. The molecule has 0 saturated carbocycles. The SMILES string of the molecule is O=C(Nc1cnc(N2CCOCC2)c(C(=O)O)c1)c1ccccc1Cl. The van der Waals surface area contributed by atoms with Gasteiger partial charge >= 0.3 is 5.97 Å². The number of pyridine rings is 1. The molecule has 1 aromatic carbocycles. The lowest BCUT2D eigenvalue weighted by Crippen LogP contribution is -2.37. The number of rotatable bonds is 4. The van der Waals surface area contributed by atoms with Gasteiger partial charge in [-0.2, -0.15) is 0 Å². The topological polar surface area (TPSA) is 91.8 Å². The molecule has 1 aliphatic heterocycles. The summed E-state index contributed by atoms with van der Waals surface area (Å²) >= 11 is 6.00. The molecule has 8 heteroatoms. The molecule has 0 aliphatic carbocycles. The number of ether oxygens (including phenoxy) is 1. The van der Waals surface area contributed by atoms with Gasteiger partial charge in [-0.3, -0.25) is 4.79 Å². The molecule has 2 N–H and O–H groups in total.